The number of piperidine rings is 1. The van der Waals surface area contributed by atoms with Crippen LogP contribution in [0.4, 0.5) is 4.79 Å². The zero-order chi connectivity index (χ0) is 18.2. The Kier molecular flexibility index (Phi) is 4.84. The lowest BCUT2D eigenvalue weighted by Crippen LogP contribution is -2.62. The van der Waals surface area contributed by atoms with E-state index in [9.17, 15) is 4.79 Å². The second kappa shape index (κ2) is 6.64. The van der Waals surface area contributed by atoms with Crippen molar-refractivity contribution in [1.82, 2.24) is 15.5 Å². The number of benzene rings is 1. The van der Waals surface area contributed by atoms with E-state index < -0.39 is 0 Å². The number of urea groups is 1. The van der Waals surface area contributed by atoms with Crippen molar-refractivity contribution < 1.29 is 4.79 Å². The van der Waals surface area contributed by atoms with Gasteiger partial charge in [0.1, 0.15) is 0 Å². The Morgan fingerprint density at radius 3 is 2.32 bits per heavy atom. The predicted molar refractivity (Wildman–Crippen MR) is 103 cm³/mol. The van der Waals surface area contributed by atoms with Crippen LogP contribution >= 0.6 is 0 Å². The number of aryl methyl sites for hydroxylation is 1. The van der Waals surface area contributed by atoms with Crippen LogP contribution in [0.3, 0.4) is 0 Å². The number of amides is 2. The van der Waals surface area contributed by atoms with Crippen LogP contribution in [0.5, 0.6) is 0 Å². The molecule has 1 unspecified atom stereocenters. The Labute approximate surface area is 152 Å². The molecular weight excluding hydrogens is 310 g/mol. The van der Waals surface area contributed by atoms with Crippen molar-refractivity contribution in [3.8, 4) is 0 Å². The molecule has 0 radical (unpaired) electrons. The average Bonchev–Trinajstić information content (AvgIpc) is 2.94. The maximum atomic E-state index is 12.8. The third-order valence-electron chi connectivity index (χ3n) is 5.54. The van der Waals surface area contributed by atoms with Crippen molar-refractivity contribution in [3.63, 3.8) is 0 Å². The lowest BCUT2D eigenvalue weighted by molar-refractivity contribution is 0.141. The van der Waals surface area contributed by atoms with Crippen molar-refractivity contribution in [2.45, 2.75) is 76.9 Å². The van der Waals surface area contributed by atoms with Crippen LogP contribution in [0.2, 0.25) is 0 Å². The number of hydrogen-bond acceptors (Lipinski definition) is 2. The van der Waals surface area contributed by atoms with Gasteiger partial charge in [-0.15, -0.1) is 0 Å². The second-order valence-corrected chi connectivity index (χ2v) is 9.29. The zero-order valence-corrected chi connectivity index (χ0v) is 16.4. The number of carbonyl (C=O) groups is 1. The summed E-state index contributed by atoms with van der Waals surface area (Å²) in [7, 11) is 0. The molecule has 138 valence electrons. The van der Waals surface area contributed by atoms with E-state index in [1.807, 2.05) is 4.90 Å². The smallest absolute Gasteiger partial charge is 0.317 e. The second-order valence-electron chi connectivity index (χ2n) is 9.29. The summed E-state index contributed by atoms with van der Waals surface area (Å²) in [6, 6.07) is 9.08. The minimum atomic E-state index is 0.0507. The van der Waals surface area contributed by atoms with E-state index in [1.165, 1.54) is 11.1 Å². The monoisotopic (exact) mass is 343 g/mol. The van der Waals surface area contributed by atoms with Gasteiger partial charge in [-0.25, -0.2) is 4.79 Å². The minimum Gasteiger partial charge on any atom is -0.335 e. The van der Waals surface area contributed by atoms with E-state index in [4.69, 9.17) is 0 Å². The average molecular weight is 344 g/mol. The molecule has 2 aliphatic rings. The third kappa shape index (κ3) is 4.55. The number of nitrogens with one attached hydrogen (secondary N) is 2. The highest BCUT2D eigenvalue weighted by Gasteiger charge is 2.39. The first-order chi connectivity index (χ1) is 11.6. The van der Waals surface area contributed by atoms with Gasteiger partial charge in [-0.1, -0.05) is 29.8 Å². The van der Waals surface area contributed by atoms with Crippen molar-refractivity contribution in [2.75, 3.05) is 13.1 Å². The van der Waals surface area contributed by atoms with E-state index in [1.54, 1.807) is 0 Å². The maximum Gasteiger partial charge on any atom is 0.317 e. The lowest BCUT2D eigenvalue weighted by Gasteiger charge is -2.46. The van der Waals surface area contributed by atoms with Gasteiger partial charge in [-0.3, -0.25) is 0 Å². The summed E-state index contributed by atoms with van der Waals surface area (Å²) in [6.45, 7) is 12.7. The van der Waals surface area contributed by atoms with Crippen LogP contribution in [0, 0.1) is 6.92 Å². The van der Waals surface area contributed by atoms with Crippen LogP contribution in [0.25, 0.3) is 0 Å². The molecule has 1 aromatic rings. The largest absolute Gasteiger partial charge is 0.335 e. The van der Waals surface area contributed by atoms with E-state index in [2.05, 4.69) is 69.5 Å². The number of carbonyl (C=O) groups excluding carboxylic acids is 1. The molecule has 2 N–H and O–H groups in total. The molecule has 4 nitrogen and oxygen atoms in total. The van der Waals surface area contributed by atoms with E-state index in [-0.39, 0.29) is 23.2 Å². The summed E-state index contributed by atoms with van der Waals surface area (Å²) in [5.41, 5.74) is 2.74. The summed E-state index contributed by atoms with van der Waals surface area (Å²) in [6.07, 6.45) is 2.99. The highest BCUT2D eigenvalue weighted by Crippen LogP contribution is 2.30. The van der Waals surface area contributed by atoms with Crippen molar-refractivity contribution >= 4 is 6.03 Å². The molecule has 0 saturated carbocycles. The first kappa shape index (κ1) is 18.2. The molecule has 1 atom stereocenters. The Morgan fingerprint density at radius 2 is 1.72 bits per heavy atom. The van der Waals surface area contributed by atoms with Crippen molar-refractivity contribution in [1.29, 1.82) is 0 Å². The molecule has 3 rings (SSSR count). The first-order valence-corrected chi connectivity index (χ1v) is 9.55. The fraction of sp³-hybridized carbons (Fsp3) is 0.667. The molecule has 2 aliphatic heterocycles. The van der Waals surface area contributed by atoms with Gasteiger partial charge in [0.15, 0.2) is 0 Å². The van der Waals surface area contributed by atoms with E-state index in [0.717, 1.165) is 32.4 Å². The molecule has 1 aromatic carbocycles. The quantitative estimate of drug-likeness (QED) is 0.858. The minimum absolute atomic E-state index is 0.0507. The molecule has 2 heterocycles. The van der Waals surface area contributed by atoms with Crippen LogP contribution in [-0.2, 0) is 0 Å². The van der Waals surface area contributed by atoms with Gasteiger partial charge >= 0.3 is 6.03 Å². The molecule has 2 amide bonds. The number of rotatable bonds is 2. The molecule has 0 spiro atoms. The van der Waals surface area contributed by atoms with Gasteiger partial charge < -0.3 is 15.5 Å². The van der Waals surface area contributed by atoms with Gasteiger partial charge in [0.05, 0.1) is 0 Å². The molecular formula is C21H33N3O. The Hall–Kier alpha value is -1.55. The van der Waals surface area contributed by atoms with Crippen LogP contribution in [0.1, 0.15) is 64.0 Å². The van der Waals surface area contributed by atoms with E-state index in [0.29, 0.717) is 5.92 Å². The van der Waals surface area contributed by atoms with Crippen LogP contribution in [0.15, 0.2) is 24.3 Å². The summed E-state index contributed by atoms with van der Waals surface area (Å²) in [5, 5.41) is 6.97. The first-order valence-electron chi connectivity index (χ1n) is 9.55. The number of likely N-dealkylation sites (tertiary alicyclic amines) is 1. The predicted octanol–water partition coefficient (Wildman–Crippen LogP) is 3.80. The van der Waals surface area contributed by atoms with Gasteiger partial charge in [0.2, 0.25) is 0 Å². The molecule has 2 fully saturated rings. The van der Waals surface area contributed by atoms with Crippen LogP contribution in [-0.4, -0.2) is 41.1 Å². The highest BCUT2D eigenvalue weighted by molar-refractivity contribution is 5.75. The lowest BCUT2D eigenvalue weighted by atomic mass is 9.80. The topological polar surface area (TPSA) is 44.4 Å². The standard InChI is InChI=1S/C21H33N3O/c1-15-6-8-16(9-7-15)17-10-11-24(14-17)19(25)22-18-12-20(2,3)23-21(4,5)13-18/h6-9,17-18,23H,10-14H2,1-5H3,(H,22,25). The maximum absolute atomic E-state index is 12.8. The Balaban J connectivity index is 1.58. The third-order valence-corrected chi connectivity index (χ3v) is 5.54. The summed E-state index contributed by atoms with van der Waals surface area (Å²) < 4.78 is 0. The van der Waals surface area contributed by atoms with Gasteiger partial charge in [0.25, 0.3) is 0 Å². The van der Waals surface area contributed by atoms with Gasteiger partial charge in [0, 0.05) is 36.1 Å². The Morgan fingerprint density at radius 1 is 1.12 bits per heavy atom. The molecule has 0 bridgehead atoms. The number of hydrogen-bond donors (Lipinski definition) is 2. The SMILES string of the molecule is Cc1ccc(C2CCN(C(=O)NC3CC(C)(C)NC(C)(C)C3)C2)cc1. The van der Waals surface area contributed by atoms with E-state index >= 15 is 0 Å². The zero-order valence-electron chi connectivity index (χ0n) is 16.4. The molecule has 25 heavy (non-hydrogen) atoms. The molecule has 0 aliphatic carbocycles. The molecule has 4 heteroatoms. The summed E-state index contributed by atoms with van der Waals surface area (Å²) >= 11 is 0. The Bertz CT molecular complexity index is 605. The van der Waals surface area contributed by atoms with Crippen LogP contribution < -0.4 is 10.6 Å². The van der Waals surface area contributed by atoms with Crippen molar-refractivity contribution in [2.24, 2.45) is 0 Å². The summed E-state index contributed by atoms with van der Waals surface area (Å²) in [5.74, 6) is 0.465. The number of nitrogens with zero attached hydrogens (tertiary/aromatic N) is 1. The van der Waals surface area contributed by atoms with Gasteiger partial charge in [-0.05, 0) is 59.4 Å². The molecule has 2 saturated heterocycles. The molecule has 0 aromatic heterocycles. The highest BCUT2D eigenvalue weighted by atomic mass is 16.2. The van der Waals surface area contributed by atoms with Gasteiger partial charge in [-0.2, -0.15) is 0 Å². The fourth-order valence-corrected chi connectivity index (χ4v) is 4.75. The summed E-state index contributed by atoms with van der Waals surface area (Å²) in [4.78, 5) is 14.8. The fourth-order valence-electron chi connectivity index (χ4n) is 4.75. The normalized spacial score (nSPS) is 25.8. The van der Waals surface area contributed by atoms with Crippen molar-refractivity contribution in [3.05, 3.63) is 35.4 Å².